The zero-order chi connectivity index (χ0) is 31.5. The minimum Gasteiger partial charge on any atom is -0.494 e. The van der Waals surface area contributed by atoms with Gasteiger partial charge in [-0.15, -0.1) is 0 Å². The van der Waals surface area contributed by atoms with Gasteiger partial charge in [-0.3, -0.25) is 14.2 Å². The lowest BCUT2D eigenvalue weighted by molar-refractivity contribution is -0.138. The number of esters is 1. The first-order valence-corrected chi connectivity index (χ1v) is 15.4. The number of aromatic nitrogens is 1. The van der Waals surface area contributed by atoms with E-state index in [1.807, 2.05) is 79.7 Å². The van der Waals surface area contributed by atoms with Gasteiger partial charge in [0.1, 0.15) is 17.3 Å². The molecule has 2 aromatic heterocycles. The summed E-state index contributed by atoms with van der Waals surface area (Å²) < 4.78 is 19.2. The summed E-state index contributed by atoms with van der Waals surface area (Å²) in [7, 11) is 0. The van der Waals surface area contributed by atoms with Gasteiger partial charge in [-0.25, -0.2) is 9.79 Å². The number of ether oxygens (including phenoxy) is 2. The van der Waals surface area contributed by atoms with Gasteiger partial charge in [0.2, 0.25) is 0 Å². The Bertz CT molecular complexity index is 2090. The molecule has 9 heteroatoms. The van der Waals surface area contributed by atoms with Crippen LogP contribution in [0.2, 0.25) is 0 Å². The molecule has 1 aliphatic heterocycles. The highest BCUT2D eigenvalue weighted by atomic mass is 32.1. The molecule has 0 saturated heterocycles. The van der Waals surface area contributed by atoms with Crippen molar-refractivity contribution in [2.24, 2.45) is 4.99 Å². The summed E-state index contributed by atoms with van der Waals surface area (Å²) >= 11 is 1.22. The fourth-order valence-corrected chi connectivity index (χ4v) is 6.23. The van der Waals surface area contributed by atoms with Crippen LogP contribution in [-0.2, 0) is 9.53 Å². The predicted octanol–water partition coefficient (Wildman–Crippen LogP) is 5.80. The molecule has 45 heavy (non-hydrogen) atoms. The molecule has 8 nitrogen and oxygen atoms in total. The molecule has 226 valence electrons. The third kappa shape index (κ3) is 5.94. The molecule has 0 bridgehead atoms. The molecule has 6 rings (SSSR count). The Hall–Kier alpha value is -5.28. The molecule has 3 heterocycles. The van der Waals surface area contributed by atoms with E-state index < -0.39 is 12.0 Å². The first-order valence-electron chi connectivity index (χ1n) is 14.6. The van der Waals surface area contributed by atoms with Crippen molar-refractivity contribution >= 4 is 34.9 Å². The normalized spacial score (nSPS) is 14.6. The van der Waals surface area contributed by atoms with Crippen LogP contribution in [0.5, 0.6) is 5.75 Å². The van der Waals surface area contributed by atoms with Crippen LogP contribution in [0.25, 0.3) is 23.1 Å². The average molecular weight is 619 g/mol. The lowest BCUT2D eigenvalue weighted by Gasteiger charge is -2.26. The molecule has 5 aromatic rings. The van der Waals surface area contributed by atoms with Crippen LogP contribution in [0.3, 0.4) is 0 Å². The molecule has 0 aliphatic carbocycles. The SMILES string of the molecule is CCOC(=O)C1=C(c2ccccc2)N=c2s/c(=C\c3ccc(-c4ccc(C(C)=O)cc4)o3)c(=O)n2[C@@H]1c1ccc(OCC)cc1. The quantitative estimate of drug-likeness (QED) is 0.153. The van der Waals surface area contributed by atoms with Crippen molar-refractivity contribution < 1.29 is 23.5 Å². The number of benzene rings is 3. The van der Waals surface area contributed by atoms with E-state index in [9.17, 15) is 14.4 Å². The number of carbonyl (C=O) groups excluding carboxylic acids is 2. The summed E-state index contributed by atoms with van der Waals surface area (Å²) in [5.41, 5.74) is 3.30. The summed E-state index contributed by atoms with van der Waals surface area (Å²) in [6.07, 6.45) is 1.68. The number of ketones is 1. The van der Waals surface area contributed by atoms with Crippen molar-refractivity contribution in [1.82, 2.24) is 4.57 Å². The maximum Gasteiger partial charge on any atom is 0.338 e. The van der Waals surface area contributed by atoms with Gasteiger partial charge in [0.05, 0.1) is 35.1 Å². The molecule has 0 spiro atoms. The second-order valence-electron chi connectivity index (χ2n) is 10.3. The van der Waals surface area contributed by atoms with E-state index in [0.29, 0.717) is 50.0 Å². The van der Waals surface area contributed by atoms with Crippen molar-refractivity contribution in [3.8, 4) is 17.1 Å². The molecule has 0 fully saturated rings. The molecular formula is C36H30N2O6S. The molecule has 1 aliphatic rings. The lowest BCUT2D eigenvalue weighted by Crippen LogP contribution is -2.40. The van der Waals surface area contributed by atoms with Crippen molar-refractivity contribution in [2.75, 3.05) is 13.2 Å². The molecule has 0 N–H and O–H groups in total. The smallest absolute Gasteiger partial charge is 0.338 e. The molecule has 0 radical (unpaired) electrons. The Morgan fingerprint density at radius 3 is 2.31 bits per heavy atom. The monoisotopic (exact) mass is 618 g/mol. The van der Waals surface area contributed by atoms with E-state index in [-0.39, 0.29) is 23.5 Å². The lowest BCUT2D eigenvalue weighted by atomic mass is 9.93. The Morgan fingerprint density at radius 2 is 1.64 bits per heavy atom. The van der Waals surface area contributed by atoms with E-state index in [0.717, 1.165) is 11.1 Å². The predicted molar refractivity (Wildman–Crippen MR) is 173 cm³/mol. The van der Waals surface area contributed by atoms with E-state index >= 15 is 0 Å². The number of hydrogen-bond acceptors (Lipinski definition) is 8. The van der Waals surface area contributed by atoms with Gasteiger partial charge < -0.3 is 13.9 Å². The standard InChI is InChI=1S/C36H30N2O6S/c1-4-42-27-17-15-26(16-18-27)33-31(35(41)43-5-2)32(25-9-7-6-8-10-25)37-36-38(33)34(40)30(45-36)21-28-19-20-29(44-28)24-13-11-23(12-14-24)22(3)39/h6-21,33H,4-5H2,1-3H3/b30-21-/t33-/m1/s1. The van der Waals surface area contributed by atoms with Gasteiger partial charge in [0, 0.05) is 22.8 Å². The number of hydrogen-bond donors (Lipinski definition) is 0. The zero-order valence-electron chi connectivity index (χ0n) is 25.0. The van der Waals surface area contributed by atoms with E-state index in [4.69, 9.17) is 18.9 Å². The second kappa shape index (κ2) is 12.8. The van der Waals surface area contributed by atoms with Crippen LogP contribution in [0.15, 0.2) is 111 Å². The fourth-order valence-electron chi connectivity index (χ4n) is 5.25. The Labute approximate surface area is 263 Å². The van der Waals surface area contributed by atoms with Gasteiger partial charge in [-0.1, -0.05) is 78.1 Å². The van der Waals surface area contributed by atoms with E-state index in [2.05, 4.69) is 0 Å². The summed E-state index contributed by atoms with van der Waals surface area (Å²) in [5.74, 6) is 1.22. The van der Waals surface area contributed by atoms with Crippen LogP contribution in [0.4, 0.5) is 0 Å². The molecule has 0 amide bonds. The summed E-state index contributed by atoms with van der Waals surface area (Å²) in [5, 5.41) is 0. The van der Waals surface area contributed by atoms with Crippen LogP contribution in [0, 0.1) is 0 Å². The number of Topliss-reactive ketones (excluding diaryl/α,β-unsaturated/α-hetero) is 1. The van der Waals surface area contributed by atoms with Gasteiger partial charge in [-0.2, -0.15) is 0 Å². The number of rotatable bonds is 9. The number of thiazole rings is 1. The van der Waals surface area contributed by atoms with Gasteiger partial charge >= 0.3 is 5.97 Å². The minimum atomic E-state index is -0.791. The van der Waals surface area contributed by atoms with Crippen molar-refractivity contribution in [3.63, 3.8) is 0 Å². The van der Waals surface area contributed by atoms with Crippen LogP contribution in [0.1, 0.15) is 54.1 Å². The van der Waals surface area contributed by atoms with E-state index in [1.165, 1.54) is 18.3 Å². The Morgan fingerprint density at radius 1 is 0.911 bits per heavy atom. The molecule has 0 saturated carbocycles. The van der Waals surface area contributed by atoms with Gasteiger partial charge in [0.25, 0.3) is 5.56 Å². The van der Waals surface area contributed by atoms with Crippen molar-refractivity contribution in [3.05, 3.63) is 139 Å². The highest BCUT2D eigenvalue weighted by Crippen LogP contribution is 2.35. The van der Waals surface area contributed by atoms with Gasteiger partial charge in [-0.05, 0) is 50.6 Å². The highest BCUT2D eigenvalue weighted by molar-refractivity contribution is 7.07. The molecule has 3 aromatic carbocycles. The Kier molecular flexibility index (Phi) is 8.44. The van der Waals surface area contributed by atoms with Crippen LogP contribution in [-0.4, -0.2) is 29.5 Å². The largest absolute Gasteiger partial charge is 0.494 e. The summed E-state index contributed by atoms with van der Waals surface area (Å²) in [4.78, 5) is 44.7. The van der Waals surface area contributed by atoms with Crippen LogP contribution < -0.4 is 19.6 Å². The fraction of sp³-hybridized carbons (Fsp3) is 0.167. The maximum atomic E-state index is 14.1. The zero-order valence-corrected chi connectivity index (χ0v) is 25.8. The van der Waals surface area contributed by atoms with Crippen molar-refractivity contribution in [2.45, 2.75) is 26.8 Å². The third-order valence-corrected chi connectivity index (χ3v) is 8.34. The Balaban J connectivity index is 1.51. The highest BCUT2D eigenvalue weighted by Gasteiger charge is 2.35. The number of carbonyl (C=O) groups is 2. The second-order valence-corrected chi connectivity index (χ2v) is 11.3. The topological polar surface area (TPSA) is 100 Å². The molecule has 1 atom stereocenters. The number of nitrogens with zero attached hydrogens (tertiary/aromatic N) is 2. The van der Waals surface area contributed by atoms with Crippen molar-refractivity contribution in [1.29, 1.82) is 0 Å². The van der Waals surface area contributed by atoms with E-state index in [1.54, 1.807) is 35.8 Å². The minimum absolute atomic E-state index is 0.0119. The van der Waals surface area contributed by atoms with Gasteiger partial charge in [0.15, 0.2) is 10.6 Å². The number of fused-ring (bicyclic) bond motifs is 1. The third-order valence-electron chi connectivity index (χ3n) is 7.36. The average Bonchev–Trinajstić information content (AvgIpc) is 3.65. The first kappa shape index (κ1) is 29.8. The summed E-state index contributed by atoms with van der Waals surface area (Å²) in [6, 6.07) is 26.8. The molecule has 0 unspecified atom stereocenters. The summed E-state index contributed by atoms with van der Waals surface area (Å²) in [6.45, 7) is 5.86. The number of furan rings is 1. The maximum absolute atomic E-state index is 14.1. The van der Waals surface area contributed by atoms with Crippen LogP contribution >= 0.6 is 11.3 Å². The first-order chi connectivity index (χ1) is 21.9. The molecular weight excluding hydrogens is 588 g/mol.